The summed E-state index contributed by atoms with van der Waals surface area (Å²) in [4.78, 5) is 35.8. The zero-order valence-electron chi connectivity index (χ0n) is 16.0. The third-order valence-corrected chi connectivity index (χ3v) is 6.21. The Morgan fingerprint density at radius 1 is 1.12 bits per heavy atom. The summed E-state index contributed by atoms with van der Waals surface area (Å²) in [5, 5.41) is 11.8. The van der Waals surface area contributed by atoms with Crippen LogP contribution in [0, 0.1) is 10.1 Å². The molecule has 2 amide bonds. The van der Waals surface area contributed by atoms with Crippen molar-refractivity contribution >= 4 is 67.8 Å². The second-order valence-electron chi connectivity index (χ2n) is 6.47. The molecule has 2 aromatic carbocycles. The number of nitro groups is 1. The van der Waals surface area contributed by atoms with Gasteiger partial charge in [-0.2, -0.15) is 5.01 Å². The number of amides is 2. The van der Waals surface area contributed by atoms with E-state index in [9.17, 15) is 19.7 Å². The summed E-state index contributed by atoms with van der Waals surface area (Å²) in [6.45, 7) is 0. The zero-order valence-corrected chi connectivity index (χ0v) is 19.2. The third kappa shape index (κ3) is 4.64. The molecule has 1 aliphatic heterocycles. The Labute approximate surface area is 199 Å². The number of carbonyl (C=O) groups is 2. The van der Waals surface area contributed by atoms with Crippen molar-refractivity contribution in [2.75, 3.05) is 0 Å². The minimum absolute atomic E-state index is 0.0191. The highest BCUT2D eigenvalue weighted by Gasteiger charge is 2.34. The molecule has 3 aromatic rings. The SMILES string of the molecule is O=C(NN1C(=O)C(=Cc2ccc(-c3ccc([N+](=O)[O-])cc3)o2)SC1=S)c1ccc(Br)cc1. The van der Waals surface area contributed by atoms with Crippen molar-refractivity contribution < 1.29 is 18.9 Å². The minimum atomic E-state index is -0.477. The van der Waals surface area contributed by atoms with Gasteiger partial charge >= 0.3 is 0 Å². The Morgan fingerprint density at radius 3 is 2.47 bits per heavy atom. The number of nitrogens with one attached hydrogen (secondary N) is 1. The quantitative estimate of drug-likeness (QED) is 0.210. The van der Waals surface area contributed by atoms with E-state index in [-0.39, 0.29) is 14.9 Å². The van der Waals surface area contributed by atoms with Gasteiger partial charge in [0.05, 0.1) is 9.83 Å². The number of nitro benzene ring substituents is 1. The van der Waals surface area contributed by atoms with E-state index < -0.39 is 16.7 Å². The number of rotatable bonds is 5. The van der Waals surface area contributed by atoms with Crippen LogP contribution in [0.4, 0.5) is 5.69 Å². The highest BCUT2D eigenvalue weighted by molar-refractivity contribution is 9.10. The van der Waals surface area contributed by atoms with E-state index in [0.29, 0.717) is 22.6 Å². The van der Waals surface area contributed by atoms with Gasteiger partial charge in [0.25, 0.3) is 17.5 Å². The van der Waals surface area contributed by atoms with Gasteiger partial charge in [0.2, 0.25) is 0 Å². The van der Waals surface area contributed by atoms with Crippen LogP contribution >= 0.6 is 39.9 Å². The number of hydrogen-bond acceptors (Lipinski definition) is 7. The molecule has 2 heterocycles. The fourth-order valence-corrected chi connectivity index (χ4v) is 4.22. The summed E-state index contributed by atoms with van der Waals surface area (Å²) in [6.07, 6.45) is 1.53. The van der Waals surface area contributed by atoms with Gasteiger partial charge in [-0.3, -0.25) is 25.1 Å². The molecule has 8 nitrogen and oxygen atoms in total. The molecular weight excluding hydrogens is 518 g/mol. The van der Waals surface area contributed by atoms with E-state index in [1.54, 1.807) is 48.5 Å². The average Bonchev–Trinajstić information content (AvgIpc) is 3.34. The molecule has 0 radical (unpaired) electrons. The van der Waals surface area contributed by atoms with Crippen molar-refractivity contribution in [3.05, 3.63) is 91.5 Å². The molecule has 11 heteroatoms. The lowest BCUT2D eigenvalue weighted by molar-refractivity contribution is -0.384. The summed E-state index contributed by atoms with van der Waals surface area (Å²) in [5.41, 5.74) is 3.53. The largest absolute Gasteiger partial charge is 0.457 e. The van der Waals surface area contributed by atoms with E-state index in [1.807, 2.05) is 0 Å². The predicted octanol–water partition coefficient (Wildman–Crippen LogP) is 5.16. The summed E-state index contributed by atoms with van der Waals surface area (Å²) in [6, 6.07) is 16.0. The molecule has 4 rings (SSSR count). The molecule has 1 aromatic heterocycles. The Morgan fingerprint density at radius 2 is 1.81 bits per heavy atom. The van der Waals surface area contributed by atoms with E-state index >= 15 is 0 Å². The van der Waals surface area contributed by atoms with Gasteiger partial charge in [0.15, 0.2) is 4.32 Å². The van der Waals surface area contributed by atoms with E-state index in [1.165, 1.54) is 18.2 Å². The first-order valence-electron chi connectivity index (χ1n) is 9.01. The first-order valence-corrected chi connectivity index (χ1v) is 11.0. The van der Waals surface area contributed by atoms with E-state index in [2.05, 4.69) is 21.4 Å². The molecule has 0 bridgehead atoms. The van der Waals surface area contributed by atoms with Crippen LogP contribution in [0.1, 0.15) is 16.1 Å². The normalized spacial score (nSPS) is 14.8. The summed E-state index contributed by atoms with van der Waals surface area (Å²) in [5.74, 6) is -0.0458. The molecule has 0 spiro atoms. The first kappa shape index (κ1) is 21.9. The first-order chi connectivity index (χ1) is 15.3. The van der Waals surface area contributed by atoms with Crippen LogP contribution in [0.3, 0.4) is 0 Å². The topological polar surface area (TPSA) is 106 Å². The average molecular weight is 530 g/mol. The number of carbonyl (C=O) groups excluding carboxylic acids is 2. The van der Waals surface area contributed by atoms with Crippen molar-refractivity contribution in [2.45, 2.75) is 0 Å². The number of hydrogen-bond donors (Lipinski definition) is 1. The van der Waals surface area contributed by atoms with Crippen molar-refractivity contribution in [1.82, 2.24) is 10.4 Å². The number of furan rings is 1. The molecule has 1 fully saturated rings. The molecule has 0 atom stereocenters. The monoisotopic (exact) mass is 529 g/mol. The molecule has 1 aliphatic rings. The van der Waals surface area contributed by atoms with Gasteiger partial charge in [-0.25, -0.2) is 0 Å². The van der Waals surface area contributed by atoms with E-state index in [4.69, 9.17) is 16.6 Å². The minimum Gasteiger partial charge on any atom is -0.457 e. The Hall–Kier alpha value is -3.28. The number of nitrogens with zero attached hydrogens (tertiary/aromatic N) is 2. The molecule has 160 valence electrons. The lowest BCUT2D eigenvalue weighted by Crippen LogP contribution is -2.44. The standard InChI is InChI=1S/C21H12BrN3O5S2/c22-14-5-1-13(2-6-14)19(26)23-24-20(27)18(32-21(24)31)11-16-9-10-17(30-16)12-3-7-15(8-4-12)25(28)29/h1-11H,(H,23,26). The summed E-state index contributed by atoms with van der Waals surface area (Å²) in [7, 11) is 0. The van der Waals surface area contributed by atoms with Crippen LogP contribution in [0.5, 0.6) is 0 Å². The fourth-order valence-electron chi connectivity index (χ4n) is 2.79. The molecule has 1 saturated heterocycles. The van der Waals surface area contributed by atoms with Crippen LogP contribution in [0.25, 0.3) is 17.4 Å². The smallest absolute Gasteiger partial charge is 0.285 e. The van der Waals surface area contributed by atoms with Crippen molar-refractivity contribution in [2.24, 2.45) is 0 Å². The Bertz CT molecular complexity index is 1270. The number of thioether (sulfide) groups is 1. The number of benzene rings is 2. The summed E-state index contributed by atoms with van der Waals surface area (Å²) >= 11 is 9.58. The number of halogens is 1. The Kier molecular flexibility index (Phi) is 6.21. The molecular formula is C21H12BrN3O5S2. The summed E-state index contributed by atoms with van der Waals surface area (Å²) < 4.78 is 6.76. The van der Waals surface area contributed by atoms with Crippen LogP contribution in [-0.2, 0) is 4.79 Å². The van der Waals surface area contributed by atoms with Crippen LogP contribution in [0.2, 0.25) is 0 Å². The molecule has 0 aliphatic carbocycles. The highest BCUT2D eigenvalue weighted by atomic mass is 79.9. The molecule has 32 heavy (non-hydrogen) atoms. The van der Waals surface area contributed by atoms with Gasteiger partial charge in [-0.1, -0.05) is 27.7 Å². The van der Waals surface area contributed by atoms with Crippen molar-refractivity contribution in [1.29, 1.82) is 0 Å². The lowest BCUT2D eigenvalue weighted by Gasteiger charge is -2.15. The zero-order chi connectivity index (χ0) is 22.8. The van der Waals surface area contributed by atoms with Crippen LogP contribution < -0.4 is 5.43 Å². The maximum Gasteiger partial charge on any atom is 0.285 e. The number of non-ortho nitro benzene ring substituents is 1. The number of hydrazine groups is 1. The molecule has 0 unspecified atom stereocenters. The maximum atomic E-state index is 12.7. The van der Waals surface area contributed by atoms with Crippen LogP contribution in [0.15, 0.2) is 74.5 Å². The van der Waals surface area contributed by atoms with Gasteiger partial charge in [0.1, 0.15) is 11.5 Å². The molecule has 0 saturated carbocycles. The third-order valence-electron chi connectivity index (χ3n) is 4.38. The van der Waals surface area contributed by atoms with Crippen molar-refractivity contribution in [3.63, 3.8) is 0 Å². The van der Waals surface area contributed by atoms with Crippen molar-refractivity contribution in [3.8, 4) is 11.3 Å². The second kappa shape index (κ2) is 9.07. The van der Waals surface area contributed by atoms with Gasteiger partial charge in [-0.05, 0) is 60.7 Å². The van der Waals surface area contributed by atoms with Gasteiger partial charge in [-0.15, -0.1) is 0 Å². The van der Waals surface area contributed by atoms with Crippen LogP contribution in [-0.4, -0.2) is 26.1 Å². The fraction of sp³-hybridized carbons (Fsp3) is 0. The highest BCUT2D eigenvalue weighted by Crippen LogP contribution is 2.33. The lowest BCUT2D eigenvalue weighted by atomic mass is 10.1. The number of thiocarbonyl (C=S) groups is 1. The molecule has 1 N–H and O–H groups in total. The predicted molar refractivity (Wildman–Crippen MR) is 127 cm³/mol. The van der Waals surface area contributed by atoms with E-state index in [0.717, 1.165) is 21.2 Å². The maximum absolute atomic E-state index is 12.7. The van der Waals surface area contributed by atoms with Gasteiger partial charge in [0, 0.05) is 33.8 Å². The second-order valence-corrected chi connectivity index (χ2v) is 9.06. The van der Waals surface area contributed by atoms with Gasteiger partial charge < -0.3 is 4.42 Å². The Balaban J connectivity index is 1.48.